The van der Waals surface area contributed by atoms with Crippen LogP contribution in [0.15, 0.2) is 12.1 Å². The van der Waals surface area contributed by atoms with Crippen LogP contribution in [-0.2, 0) is 0 Å². The molecule has 16 heavy (non-hydrogen) atoms. The van der Waals surface area contributed by atoms with Crippen LogP contribution in [0.2, 0.25) is 0 Å². The van der Waals surface area contributed by atoms with Gasteiger partial charge in [-0.1, -0.05) is 6.42 Å². The van der Waals surface area contributed by atoms with Crippen LogP contribution < -0.4 is 11.3 Å². The smallest absolute Gasteiger partial charge is 0.0584 e. The van der Waals surface area contributed by atoms with Gasteiger partial charge in [0.05, 0.1) is 6.04 Å². The normalized spacial score (nSPS) is 34.5. The second kappa shape index (κ2) is 4.13. The summed E-state index contributed by atoms with van der Waals surface area (Å²) in [6.07, 6.45) is 5.73. The summed E-state index contributed by atoms with van der Waals surface area (Å²) in [6, 6.07) is 4.85. The van der Waals surface area contributed by atoms with Crippen molar-refractivity contribution in [2.75, 3.05) is 0 Å². The largest absolute Gasteiger partial charge is 0.271 e. The van der Waals surface area contributed by atoms with Crippen molar-refractivity contribution in [3.8, 4) is 0 Å². The molecule has 3 heteroatoms. The van der Waals surface area contributed by atoms with Gasteiger partial charge >= 0.3 is 0 Å². The first kappa shape index (κ1) is 10.8. The van der Waals surface area contributed by atoms with Gasteiger partial charge in [0.25, 0.3) is 0 Å². The molecule has 0 radical (unpaired) electrons. The van der Waals surface area contributed by atoms with E-state index in [-0.39, 0.29) is 0 Å². The van der Waals surface area contributed by atoms with Gasteiger partial charge in [0.15, 0.2) is 0 Å². The molecular weight excluding hydrogens is 216 g/mol. The van der Waals surface area contributed by atoms with E-state index in [1.807, 2.05) is 11.3 Å². The van der Waals surface area contributed by atoms with E-state index in [1.54, 1.807) is 0 Å². The van der Waals surface area contributed by atoms with Crippen molar-refractivity contribution >= 4 is 11.3 Å². The molecule has 88 valence electrons. The Bertz CT molecular complexity index is 374. The van der Waals surface area contributed by atoms with Crippen molar-refractivity contribution in [1.82, 2.24) is 5.43 Å². The van der Waals surface area contributed by atoms with Gasteiger partial charge < -0.3 is 0 Å². The Balaban J connectivity index is 1.81. The van der Waals surface area contributed by atoms with Crippen molar-refractivity contribution in [1.29, 1.82) is 0 Å². The zero-order valence-corrected chi connectivity index (χ0v) is 10.6. The molecule has 2 aliphatic rings. The van der Waals surface area contributed by atoms with Crippen LogP contribution in [-0.4, -0.2) is 0 Å². The molecule has 1 aromatic heterocycles. The summed E-state index contributed by atoms with van der Waals surface area (Å²) in [6.45, 7) is 2.17. The molecule has 0 saturated heterocycles. The van der Waals surface area contributed by atoms with E-state index in [9.17, 15) is 0 Å². The van der Waals surface area contributed by atoms with E-state index in [2.05, 4.69) is 24.5 Å². The van der Waals surface area contributed by atoms with Crippen molar-refractivity contribution in [2.24, 2.45) is 23.6 Å². The van der Waals surface area contributed by atoms with Crippen LogP contribution in [0.3, 0.4) is 0 Å². The van der Waals surface area contributed by atoms with E-state index >= 15 is 0 Å². The number of nitrogens with one attached hydrogen (secondary N) is 1. The number of hydrogen-bond acceptors (Lipinski definition) is 3. The number of hydrogen-bond donors (Lipinski definition) is 2. The molecule has 4 unspecified atom stereocenters. The monoisotopic (exact) mass is 236 g/mol. The minimum Gasteiger partial charge on any atom is -0.271 e. The van der Waals surface area contributed by atoms with Crippen LogP contribution in [0.25, 0.3) is 0 Å². The summed E-state index contributed by atoms with van der Waals surface area (Å²) in [5, 5.41) is 0. The van der Waals surface area contributed by atoms with Crippen LogP contribution in [0.1, 0.15) is 41.5 Å². The quantitative estimate of drug-likeness (QED) is 0.625. The highest BCUT2D eigenvalue weighted by Crippen LogP contribution is 2.52. The van der Waals surface area contributed by atoms with Crippen molar-refractivity contribution in [3.05, 3.63) is 21.9 Å². The van der Waals surface area contributed by atoms with Crippen molar-refractivity contribution < 1.29 is 0 Å². The molecule has 2 fully saturated rings. The average Bonchev–Trinajstić information content (AvgIpc) is 2.96. The number of aryl methyl sites for hydroxylation is 1. The van der Waals surface area contributed by atoms with Crippen LogP contribution >= 0.6 is 11.3 Å². The van der Waals surface area contributed by atoms with Gasteiger partial charge in [0.2, 0.25) is 0 Å². The first-order valence-electron chi connectivity index (χ1n) is 6.30. The molecule has 4 atom stereocenters. The molecule has 0 spiro atoms. The number of hydrazine groups is 1. The number of nitrogens with two attached hydrogens (primary N) is 1. The highest BCUT2D eigenvalue weighted by atomic mass is 32.1. The maximum absolute atomic E-state index is 5.78. The molecule has 2 saturated carbocycles. The fraction of sp³-hybridized carbons (Fsp3) is 0.692. The predicted molar refractivity (Wildman–Crippen MR) is 68.1 cm³/mol. The first-order valence-corrected chi connectivity index (χ1v) is 7.12. The van der Waals surface area contributed by atoms with Gasteiger partial charge in [-0.05, 0) is 56.1 Å². The summed E-state index contributed by atoms with van der Waals surface area (Å²) >= 11 is 1.89. The topological polar surface area (TPSA) is 38.0 Å². The lowest BCUT2D eigenvalue weighted by Crippen LogP contribution is -2.35. The Hall–Kier alpha value is -0.380. The minimum atomic E-state index is 0.397. The summed E-state index contributed by atoms with van der Waals surface area (Å²) in [5.74, 6) is 8.48. The highest BCUT2D eigenvalue weighted by molar-refractivity contribution is 7.12. The maximum atomic E-state index is 5.78. The van der Waals surface area contributed by atoms with E-state index in [0.717, 1.165) is 17.8 Å². The first-order chi connectivity index (χ1) is 7.78. The van der Waals surface area contributed by atoms with E-state index in [0.29, 0.717) is 6.04 Å². The Labute approximate surface area is 101 Å². The van der Waals surface area contributed by atoms with Gasteiger partial charge in [-0.2, -0.15) is 0 Å². The molecule has 0 aromatic carbocycles. The molecule has 1 heterocycles. The Morgan fingerprint density at radius 1 is 1.38 bits per heavy atom. The zero-order valence-electron chi connectivity index (χ0n) is 9.78. The SMILES string of the molecule is Cc1ccc(C(NN)C2CC3CCC2C3)s1. The fourth-order valence-corrected chi connectivity index (χ4v) is 4.75. The van der Waals surface area contributed by atoms with Crippen molar-refractivity contribution in [2.45, 2.75) is 38.6 Å². The molecule has 0 aliphatic heterocycles. The van der Waals surface area contributed by atoms with E-state index in [4.69, 9.17) is 5.84 Å². The molecule has 3 N–H and O–H groups in total. The molecular formula is C13H20N2S. The van der Waals surface area contributed by atoms with E-state index in [1.165, 1.54) is 35.4 Å². The third kappa shape index (κ3) is 1.71. The van der Waals surface area contributed by atoms with Crippen LogP contribution in [0.5, 0.6) is 0 Å². The molecule has 3 rings (SSSR count). The van der Waals surface area contributed by atoms with Crippen LogP contribution in [0.4, 0.5) is 0 Å². The number of rotatable bonds is 3. The standard InChI is InChI=1S/C13H20N2S/c1-8-2-5-12(16-8)13(15-14)11-7-9-3-4-10(11)6-9/h2,5,9-11,13,15H,3-4,6-7,14H2,1H3. The van der Waals surface area contributed by atoms with Gasteiger partial charge in [-0.25, -0.2) is 0 Å². The van der Waals surface area contributed by atoms with Gasteiger partial charge in [-0.15, -0.1) is 11.3 Å². The maximum Gasteiger partial charge on any atom is 0.0584 e. The van der Waals surface area contributed by atoms with Gasteiger partial charge in [0, 0.05) is 9.75 Å². The second-order valence-electron chi connectivity index (χ2n) is 5.43. The van der Waals surface area contributed by atoms with Gasteiger partial charge in [0.1, 0.15) is 0 Å². The molecule has 2 bridgehead atoms. The molecule has 0 amide bonds. The summed E-state index contributed by atoms with van der Waals surface area (Å²) in [7, 11) is 0. The summed E-state index contributed by atoms with van der Waals surface area (Å²) < 4.78 is 0. The average molecular weight is 236 g/mol. The lowest BCUT2D eigenvalue weighted by atomic mass is 9.83. The number of fused-ring (bicyclic) bond motifs is 2. The lowest BCUT2D eigenvalue weighted by molar-refractivity contribution is 0.255. The Morgan fingerprint density at radius 3 is 2.75 bits per heavy atom. The van der Waals surface area contributed by atoms with Crippen molar-refractivity contribution in [3.63, 3.8) is 0 Å². The Morgan fingerprint density at radius 2 is 2.25 bits per heavy atom. The third-order valence-electron chi connectivity index (χ3n) is 4.47. The second-order valence-corrected chi connectivity index (χ2v) is 6.75. The molecule has 2 nitrogen and oxygen atoms in total. The van der Waals surface area contributed by atoms with E-state index < -0.39 is 0 Å². The lowest BCUT2D eigenvalue weighted by Gasteiger charge is -2.29. The zero-order chi connectivity index (χ0) is 11.1. The summed E-state index contributed by atoms with van der Waals surface area (Å²) in [4.78, 5) is 2.82. The Kier molecular flexibility index (Phi) is 2.78. The third-order valence-corrected chi connectivity index (χ3v) is 5.55. The predicted octanol–water partition coefficient (Wildman–Crippen LogP) is 3.00. The molecule has 1 aromatic rings. The van der Waals surface area contributed by atoms with Gasteiger partial charge in [-0.3, -0.25) is 11.3 Å². The highest BCUT2D eigenvalue weighted by Gasteiger charge is 2.43. The summed E-state index contributed by atoms with van der Waals surface area (Å²) in [5.41, 5.74) is 3.07. The fourth-order valence-electron chi connectivity index (χ4n) is 3.74. The number of thiophene rings is 1. The minimum absolute atomic E-state index is 0.397. The van der Waals surface area contributed by atoms with Crippen LogP contribution in [0, 0.1) is 24.7 Å². The molecule has 2 aliphatic carbocycles.